The third kappa shape index (κ3) is 35.3. The summed E-state index contributed by atoms with van der Waals surface area (Å²) in [6, 6.07) is 0. The van der Waals surface area contributed by atoms with E-state index in [0.717, 1.165) is 103 Å². The average Bonchev–Trinajstić information content (AvgIpc) is 3.28. The molecule has 1 saturated heterocycles. The van der Waals surface area contributed by atoms with Crippen molar-refractivity contribution >= 4 is 5.97 Å². The molecule has 63 heavy (non-hydrogen) atoms. The number of hydrogen-bond acceptors (Lipinski definition) is 9. The zero-order valence-electron chi connectivity index (χ0n) is 39.8. The molecular weight excluding hydrogens is 793 g/mol. The number of allylic oxidation sites excluding steroid dienone is 14. The van der Waals surface area contributed by atoms with E-state index in [-0.39, 0.29) is 19.2 Å². The second kappa shape index (κ2) is 44.6. The van der Waals surface area contributed by atoms with Gasteiger partial charge >= 0.3 is 5.97 Å². The highest BCUT2D eigenvalue weighted by Gasteiger charge is 2.44. The van der Waals surface area contributed by atoms with Gasteiger partial charge in [0.05, 0.1) is 19.8 Å². The molecule has 1 rings (SSSR count). The molecule has 9 heteroatoms. The largest absolute Gasteiger partial charge is 0.457 e. The lowest BCUT2D eigenvalue weighted by Crippen LogP contribution is -2.59. The van der Waals surface area contributed by atoms with Gasteiger partial charge in [0.25, 0.3) is 0 Å². The molecule has 9 nitrogen and oxygen atoms in total. The van der Waals surface area contributed by atoms with Gasteiger partial charge in [-0.1, -0.05) is 176 Å². The molecular formula is C54H92O9. The lowest BCUT2D eigenvalue weighted by Gasteiger charge is -2.39. The quantitative estimate of drug-likeness (QED) is 0.0268. The monoisotopic (exact) mass is 885 g/mol. The second-order valence-corrected chi connectivity index (χ2v) is 16.9. The number of hydrogen-bond donors (Lipinski definition) is 4. The minimum atomic E-state index is -1.54. The summed E-state index contributed by atoms with van der Waals surface area (Å²) >= 11 is 0. The predicted octanol–water partition coefficient (Wildman–Crippen LogP) is 12.2. The maximum absolute atomic E-state index is 12.8. The van der Waals surface area contributed by atoms with E-state index in [1.54, 1.807) is 0 Å². The Hall–Kier alpha value is -2.63. The summed E-state index contributed by atoms with van der Waals surface area (Å²) in [7, 11) is 0. The lowest BCUT2D eigenvalue weighted by atomic mass is 9.99. The molecule has 0 amide bonds. The van der Waals surface area contributed by atoms with Crippen LogP contribution in [0.3, 0.4) is 0 Å². The molecule has 0 bridgehead atoms. The number of carbonyl (C=O) groups is 1. The Bertz CT molecular complexity index is 1240. The Morgan fingerprint density at radius 3 is 1.48 bits per heavy atom. The van der Waals surface area contributed by atoms with Crippen molar-refractivity contribution in [3.05, 3.63) is 85.1 Å². The topological polar surface area (TPSA) is 135 Å². The SMILES string of the molecule is CC/C=C\C/C=C\C/C=C\C/C=C\C/C=C\C/C=C\CCCCCCCCCOCC(COC1OC(CO)C(O)C(O)C1O)OC(=O)CCCCCCC/C=C\CCCCCCC. The summed E-state index contributed by atoms with van der Waals surface area (Å²) in [5, 5.41) is 40.2. The molecule has 6 atom stereocenters. The van der Waals surface area contributed by atoms with Gasteiger partial charge in [-0.25, -0.2) is 0 Å². The predicted molar refractivity (Wildman–Crippen MR) is 260 cm³/mol. The number of rotatable bonds is 42. The maximum atomic E-state index is 12.8. The molecule has 1 heterocycles. The molecule has 0 aromatic carbocycles. The molecule has 0 saturated carbocycles. The van der Waals surface area contributed by atoms with E-state index in [2.05, 4.69) is 98.9 Å². The van der Waals surface area contributed by atoms with Crippen LogP contribution >= 0.6 is 0 Å². The van der Waals surface area contributed by atoms with E-state index < -0.39 is 43.4 Å². The van der Waals surface area contributed by atoms with Crippen LogP contribution in [0.1, 0.15) is 187 Å². The lowest BCUT2D eigenvalue weighted by molar-refractivity contribution is -0.305. The van der Waals surface area contributed by atoms with Crippen LogP contribution in [0.15, 0.2) is 85.1 Å². The third-order valence-electron chi connectivity index (χ3n) is 11.0. The molecule has 0 aliphatic carbocycles. The number of ether oxygens (including phenoxy) is 4. The zero-order valence-corrected chi connectivity index (χ0v) is 39.8. The first-order valence-electron chi connectivity index (χ1n) is 25.2. The van der Waals surface area contributed by atoms with Crippen LogP contribution in [0, 0.1) is 0 Å². The first-order valence-corrected chi connectivity index (χ1v) is 25.2. The zero-order chi connectivity index (χ0) is 45.7. The standard InChI is InChI=1S/C54H92O9/c1-3-5-7-9-11-13-15-17-19-20-21-22-23-24-25-26-27-28-29-30-32-34-36-38-40-42-44-60-46-48(47-61-54-53(59)52(58)51(57)49(45-55)63-54)62-50(56)43-41-39-37-35-33-31-18-16-14-12-10-8-6-4-2/h5,7,11,13,16-19,21-22,24-25,27-28,48-49,51-55,57-59H,3-4,6,8-10,12,14-15,20,23,26,29-47H2,1-2H3/b7-5-,13-11-,18-16-,19-17-,22-21-,25-24-,28-27-. The van der Waals surface area contributed by atoms with Crippen LogP contribution in [0.2, 0.25) is 0 Å². The van der Waals surface area contributed by atoms with Gasteiger partial charge in [0.1, 0.15) is 30.5 Å². The molecule has 1 aliphatic rings. The van der Waals surface area contributed by atoms with Crippen molar-refractivity contribution in [3.8, 4) is 0 Å². The Morgan fingerprint density at radius 2 is 0.968 bits per heavy atom. The van der Waals surface area contributed by atoms with Crippen molar-refractivity contribution in [3.63, 3.8) is 0 Å². The van der Waals surface area contributed by atoms with Crippen molar-refractivity contribution in [2.45, 2.75) is 224 Å². The Labute approximate surface area is 384 Å². The fraction of sp³-hybridized carbons (Fsp3) is 0.722. The molecule has 0 aromatic rings. The number of esters is 1. The normalized spacial score (nSPS) is 20.4. The van der Waals surface area contributed by atoms with Crippen molar-refractivity contribution in [2.75, 3.05) is 26.4 Å². The van der Waals surface area contributed by atoms with Crippen LogP contribution in [0.5, 0.6) is 0 Å². The Kier molecular flexibility index (Phi) is 41.3. The molecule has 6 unspecified atom stereocenters. The highest BCUT2D eigenvalue weighted by molar-refractivity contribution is 5.69. The van der Waals surface area contributed by atoms with E-state index in [9.17, 15) is 25.2 Å². The summed E-state index contributed by atoms with van der Waals surface area (Å²) in [4.78, 5) is 12.8. The third-order valence-corrected chi connectivity index (χ3v) is 11.0. The molecule has 0 radical (unpaired) electrons. The first kappa shape index (κ1) is 58.4. The van der Waals surface area contributed by atoms with Gasteiger partial charge in [0.2, 0.25) is 0 Å². The summed E-state index contributed by atoms with van der Waals surface area (Å²) in [5.41, 5.74) is 0. The highest BCUT2D eigenvalue weighted by atomic mass is 16.7. The molecule has 1 aliphatic heterocycles. The summed E-state index contributed by atoms with van der Waals surface area (Å²) < 4.78 is 22.8. The van der Waals surface area contributed by atoms with Crippen molar-refractivity contribution < 1.29 is 44.2 Å². The number of aliphatic hydroxyl groups is 4. The summed E-state index contributed by atoms with van der Waals surface area (Å²) in [6.07, 6.45) is 53.3. The van der Waals surface area contributed by atoms with E-state index in [0.29, 0.717) is 13.0 Å². The molecule has 362 valence electrons. The van der Waals surface area contributed by atoms with Gasteiger partial charge in [-0.05, 0) is 89.9 Å². The van der Waals surface area contributed by atoms with Gasteiger partial charge in [0, 0.05) is 13.0 Å². The van der Waals surface area contributed by atoms with Crippen molar-refractivity contribution in [1.82, 2.24) is 0 Å². The maximum Gasteiger partial charge on any atom is 0.306 e. The molecule has 4 N–H and O–H groups in total. The Balaban J connectivity index is 2.22. The molecule has 1 fully saturated rings. The molecule has 0 aromatic heterocycles. The van der Waals surface area contributed by atoms with Crippen LogP contribution in [-0.2, 0) is 23.7 Å². The number of unbranched alkanes of at least 4 members (excludes halogenated alkanes) is 17. The van der Waals surface area contributed by atoms with Crippen LogP contribution in [0.4, 0.5) is 0 Å². The van der Waals surface area contributed by atoms with Crippen LogP contribution in [-0.4, -0.2) is 89.6 Å². The van der Waals surface area contributed by atoms with Crippen molar-refractivity contribution in [1.29, 1.82) is 0 Å². The van der Waals surface area contributed by atoms with Gasteiger partial charge in [-0.3, -0.25) is 4.79 Å². The van der Waals surface area contributed by atoms with E-state index in [1.165, 1.54) is 64.2 Å². The fourth-order valence-corrected chi connectivity index (χ4v) is 7.14. The van der Waals surface area contributed by atoms with Gasteiger partial charge in [0.15, 0.2) is 6.29 Å². The van der Waals surface area contributed by atoms with Crippen molar-refractivity contribution in [2.24, 2.45) is 0 Å². The van der Waals surface area contributed by atoms with E-state index >= 15 is 0 Å². The van der Waals surface area contributed by atoms with Gasteiger partial charge < -0.3 is 39.4 Å². The highest BCUT2D eigenvalue weighted by Crippen LogP contribution is 2.22. The average molecular weight is 885 g/mol. The first-order chi connectivity index (χ1) is 30.9. The number of carbonyl (C=O) groups excluding carboxylic acids is 1. The summed E-state index contributed by atoms with van der Waals surface area (Å²) in [5.74, 6) is -0.330. The van der Waals surface area contributed by atoms with Crippen LogP contribution in [0.25, 0.3) is 0 Å². The smallest absolute Gasteiger partial charge is 0.306 e. The van der Waals surface area contributed by atoms with E-state index in [4.69, 9.17) is 18.9 Å². The van der Waals surface area contributed by atoms with E-state index in [1.807, 2.05) is 0 Å². The minimum Gasteiger partial charge on any atom is -0.457 e. The minimum absolute atomic E-state index is 0.126. The number of aliphatic hydroxyl groups excluding tert-OH is 4. The fourth-order valence-electron chi connectivity index (χ4n) is 7.14. The Morgan fingerprint density at radius 1 is 0.524 bits per heavy atom. The van der Waals surface area contributed by atoms with Crippen LogP contribution < -0.4 is 0 Å². The van der Waals surface area contributed by atoms with Gasteiger partial charge in [-0.2, -0.15) is 0 Å². The second-order valence-electron chi connectivity index (χ2n) is 16.9. The summed E-state index contributed by atoms with van der Waals surface area (Å²) in [6.45, 7) is 4.39. The van der Waals surface area contributed by atoms with Gasteiger partial charge in [-0.15, -0.1) is 0 Å². The molecule has 0 spiro atoms.